The van der Waals surface area contributed by atoms with Crippen LogP contribution in [0.2, 0.25) is 0 Å². The third kappa shape index (κ3) is 2.64. The van der Waals surface area contributed by atoms with Gasteiger partial charge in [0.05, 0.1) is 5.56 Å². The molecule has 0 saturated carbocycles. The molecule has 0 radical (unpaired) electrons. The highest BCUT2D eigenvalue weighted by molar-refractivity contribution is 5.53. The molecule has 0 spiro atoms. The molecular weight excluding hydrogens is 229 g/mol. The van der Waals surface area contributed by atoms with Crippen LogP contribution in [0.4, 0.5) is 10.2 Å². The van der Waals surface area contributed by atoms with Crippen molar-refractivity contribution in [3.8, 4) is 6.07 Å². The molecule has 0 atom stereocenters. The van der Waals surface area contributed by atoms with E-state index in [9.17, 15) is 4.39 Å². The number of aromatic nitrogens is 1. The standard InChI is InChI=1S/C14H12FN3/c1-18(10-11-4-6-13(15)7-5-11)14-12(9-16)3-2-8-17-14/h2-8H,10H2,1H3. The third-order valence-electron chi connectivity index (χ3n) is 2.60. The van der Waals surface area contributed by atoms with Crippen LogP contribution >= 0.6 is 0 Å². The average molecular weight is 241 g/mol. The Kier molecular flexibility index (Phi) is 3.54. The van der Waals surface area contributed by atoms with Gasteiger partial charge in [-0.05, 0) is 29.8 Å². The van der Waals surface area contributed by atoms with E-state index in [1.807, 2.05) is 11.9 Å². The van der Waals surface area contributed by atoms with E-state index in [1.165, 1.54) is 12.1 Å². The summed E-state index contributed by atoms with van der Waals surface area (Å²) in [6.07, 6.45) is 1.65. The SMILES string of the molecule is CN(Cc1ccc(F)cc1)c1ncccc1C#N. The van der Waals surface area contributed by atoms with Gasteiger partial charge >= 0.3 is 0 Å². The fraction of sp³-hybridized carbons (Fsp3) is 0.143. The van der Waals surface area contributed by atoms with E-state index in [-0.39, 0.29) is 5.82 Å². The van der Waals surface area contributed by atoms with Gasteiger partial charge in [-0.2, -0.15) is 5.26 Å². The van der Waals surface area contributed by atoms with Crippen LogP contribution in [0.1, 0.15) is 11.1 Å². The molecule has 0 saturated heterocycles. The Morgan fingerprint density at radius 2 is 2.00 bits per heavy atom. The molecule has 0 aliphatic rings. The van der Waals surface area contributed by atoms with E-state index >= 15 is 0 Å². The van der Waals surface area contributed by atoms with Gasteiger partial charge in [-0.25, -0.2) is 9.37 Å². The first-order valence-electron chi connectivity index (χ1n) is 5.51. The van der Waals surface area contributed by atoms with Gasteiger partial charge < -0.3 is 4.90 Å². The first kappa shape index (κ1) is 12.1. The molecule has 0 aliphatic heterocycles. The van der Waals surface area contributed by atoms with Crippen LogP contribution in [-0.2, 0) is 6.54 Å². The fourth-order valence-electron chi connectivity index (χ4n) is 1.73. The van der Waals surface area contributed by atoms with Crippen molar-refractivity contribution in [3.63, 3.8) is 0 Å². The molecule has 90 valence electrons. The van der Waals surface area contributed by atoms with Gasteiger partial charge in [0.25, 0.3) is 0 Å². The zero-order valence-corrected chi connectivity index (χ0v) is 9.97. The summed E-state index contributed by atoms with van der Waals surface area (Å²) in [7, 11) is 1.85. The highest BCUT2D eigenvalue weighted by Crippen LogP contribution is 2.17. The third-order valence-corrected chi connectivity index (χ3v) is 2.60. The lowest BCUT2D eigenvalue weighted by Gasteiger charge is -2.19. The molecule has 1 heterocycles. The van der Waals surface area contributed by atoms with Crippen molar-refractivity contribution < 1.29 is 4.39 Å². The molecule has 0 amide bonds. The first-order chi connectivity index (χ1) is 8.70. The van der Waals surface area contributed by atoms with E-state index in [0.717, 1.165) is 5.56 Å². The van der Waals surface area contributed by atoms with Crippen LogP contribution in [-0.4, -0.2) is 12.0 Å². The Morgan fingerprint density at radius 3 is 2.67 bits per heavy atom. The largest absolute Gasteiger partial charge is 0.354 e. The second-order valence-corrected chi connectivity index (χ2v) is 3.97. The van der Waals surface area contributed by atoms with Crippen molar-refractivity contribution in [2.75, 3.05) is 11.9 Å². The minimum Gasteiger partial charge on any atom is -0.354 e. The van der Waals surface area contributed by atoms with Gasteiger partial charge in [0.2, 0.25) is 0 Å². The quantitative estimate of drug-likeness (QED) is 0.829. The number of benzene rings is 1. The van der Waals surface area contributed by atoms with E-state index in [4.69, 9.17) is 5.26 Å². The van der Waals surface area contributed by atoms with Crippen LogP contribution in [0.25, 0.3) is 0 Å². The summed E-state index contributed by atoms with van der Waals surface area (Å²) in [4.78, 5) is 6.06. The maximum atomic E-state index is 12.8. The summed E-state index contributed by atoms with van der Waals surface area (Å²) in [6.45, 7) is 0.575. The highest BCUT2D eigenvalue weighted by atomic mass is 19.1. The van der Waals surface area contributed by atoms with Gasteiger partial charge in [0.15, 0.2) is 0 Å². The molecule has 0 fully saturated rings. The highest BCUT2D eigenvalue weighted by Gasteiger charge is 2.08. The summed E-state index contributed by atoms with van der Waals surface area (Å²) in [5.41, 5.74) is 1.50. The number of halogens is 1. The predicted octanol–water partition coefficient (Wildman–Crippen LogP) is 2.73. The molecule has 0 aliphatic carbocycles. The van der Waals surface area contributed by atoms with Crippen LogP contribution in [0.3, 0.4) is 0 Å². The summed E-state index contributed by atoms with van der Waals surface area (Å²) < 4.78 is 12.8. The molecule has 0 unspecified atom stereocenters. The van der Waals surface area contributed by atoms with Crippen molar-refractivity contribution in [2.24, 2.45) is 0 Å². The molecule has 2 rings (SSSR count). The average Bonchev–Trinajstić information content (AvgIpc) is 2.41. The van der Waals surface area contributed by atoms with Crippen LogP contribution in [0.15, 0.2) is 42.6 Å². The number of nitriles is 1. The second-order valence-electron chi connectivity index (χ2n) is 3.97. The Morgan fingerprint density at radius 1 is 1.28 bits per heavy atom. The Balaban J connectivity index is 2.19. The van der Waals surface area contributed by atoms with Crippen LogP contribution < -0.4 is 4.90 Å². The molecular formula is C14H12FN3. The predicted molar refractivity (Wildman–Crippen MR) is 67.5 cm³/mol. The smallest absolute Gasteiger partial charge is 0.146 e. The summed E-state index contributed by atoms with van der Waals surface area (Å²) in [6, 6.07) is 11.9. The zero-order valence-electron chi connectivity index (χ0n) is 9.97. The van der Waals surface area contributed by atoms with Gasteiger partial charge in [-0.3, -0.25) is 0 Å². The van der Waals surface area contributed by atoms with E-state index in [2.05, 4.69) is 11.1 Å². The fourth-order valence-corrected chi connectivity index (χ4v) is 1.73. The molecule has 0 N–H and O–H groups in total. The lowest BCUT2D eigenvalue weighted by Crippen LogP contribution is -2.18. The number of rotatable bonds is 3. The second kappa shape index (κ2) is 5.28. The van der Waals surface area contributed by atoms with Crippen molar-refractivity contribution in [1.82, 2.24) is 4.98 Å². The minimum absolute atomic E-state index is 0.253. The van der Waals surface area contributed by atoms with Crippen molar-refractivity contribution >= 4 is 5.82 Å². The van der Waals surface area contributed by atoms with Crippen molar-refractivity contribution in [2.45, 2.75) is 6.54 Å². The maximum absolute atomic E-state index is 12.8. The lowest BCUT2D eigenvalue weighted by molar-refractivity contribution is 0.627. The summed E-state index contributed by atoms with van der Waals surface area (Å²) in [5, 5.41) is 9.00. The van der Waals surface area contributed by atoms with E-state index in [1.54, 1.807) is 30.5 Å². The van der Waals surface area contributed by atoms with Crippen LogP contribution in [0, 0.1) is 17.1 Å². The Hall–Kier alpha value is -2.41. The Bertz CT molecular complexity index is 572. The van der Waals surface area contributed by atoms with Crippen molar-refractivity contribution in [1.29, 1.82) is 5.26 Å². The molecule has 18 heavy (non-hydrogen) atoms. The molecule has 1 aromatic carbocycles. The van der Waals surface area contributed by atoms with Crippen molar-refractivity contribution in [3.05, 3.63) is 59.5 Å². The molecule has 3 nitrogen and oxygen atoms in total. The van der Waals surface area contributed by atoms with Gasteiger partial charge in [-0.15, -0.1) is 0 Å². The number of pyridine rings is 1. The minimum atomic E-state index is -0.253. The summed E-state index contributed by atoms with van der Waals surface area (Å²) in [5.74, 6) is 0.376. The normalized spacial score (nSPS) is 9.83. The number of nitrogens with zero attached hydrogens (tertiary/aromatic N) is 3. The Labute approximate surface area is 105 Å². The molecule has 2 aromatic rings. The molecule has 0 bridgehead atoms. The monoisotopic (exact) mass is 241 g/mol. The van der Waals surface area contributed by atoms with Gasteiger partial charge in [0.1, 0.15) is 17.7 Å². The van der Waals surface area contributed by atoms with Gasteiger partial charge in [-0.1, -0.05) is 12.1 Å². The number of anilines is 1. The summed E-state index contributed by atoms with van der Waals surface area (Å²) >= 11 is 0. The van der Waals surface area contributed by atoms with Crippen LogP contribution in [0.5, 0.6) is 0 Å². The molecule has 4 heteroatoms. The van der Waals surface area contributed by atoms with Gasteiger partial charge in [0, 0.05) is 19.8 Å². The van der Waals surface area contributed by atoms with E-state index in [0.29, 0.717) is 17.9 Å². The maximum Gasteiger partial charge on any atom is 0.146 e. The molecule has 1 aromatic heterocycles. The zero-order chi connectivity index (χ0) is 13.0. The first-order valence-corrected chi connectivity index (χ1v) is 5.51. The van der Waals surface area contributed by atoms with E-state index < -0.39 is 0 Å². The number of hydrogen-bond acceptors (Lipinski definition) is 3. The number of hydrogen-bond donors (Lipinski definition) is 0. The topological polar surface area (TPSA) is 39.9 Å². The lowest BCUT2D eigenvalue weighted by atomic mass is 10.2.